The zero-order chi connectivity index (χ0) is 26.0. The number of carbonyl (C=O) groups excluding carboxylic acids is 1. The van der Waals surface area contributed by atoms with Gasteiger partial charge in [-0.15, -0.1) is 0 Å². The van der Waals surface area contributed by atoms with E-state index in [1.165, 1.54) is 0 Å². The van der Waals surface area contributed by atoms with E-state index in [1.807, 2.05) is 68.4 Å². The van der Waals surface area contributed by atoms with Gasteiger partial charge in [0.15, 0.2) is 0 Å². The van der Waals surface area contributed by atoms with Crippen LogP contribution in [0, 0.1) is 12.8 Å². The third kappa shape index (κ3) is 5.76. The Morgan fingerprint density at radius 3 is 2.46 bits per heavy atom. The van der Waals surface area contributed by atoms with Gasteiger partial charge in [-0.1, -0.05) is 54.1 Å². The van der Waals surface area contributed by atoms with Gasteiger partial charge in [0.25, 0.3) is 0 Å². The fourth-order valence-electron chi connectivity index (χ4n) is 5.00. The molecule has 1 amide bonds. The Morgan fingerprint density at radius 2 is 1.73 bits per heavy atom. The summed E-state index contributed by atoms with van der Waals surface area (Å²) in [6.45, 7) is 4.00. The first kappa shape index (κ1) is 25.2. The molecule has 1 saturated carbocycles. The topological polar surface area (TPSA) is 104 Å². The standard InChI is InChI=1S/C29H32N4O3S/c1-19-7-6-10-23(17-19)28-31-26-16-15-25(18-27(26)32-28)37(35,36)33-24-13-11-22(12-14-24)29(34)30-20(2)21-8-4-3-5-9-21/h3-10,15-18,20,22,24,33H,11-14H2,1-2H3,(H,30,34)(H,31,32)/t20-,22?,24?/m1/s1. The Balaban J connectivity index is 1.20. The Bertz CT molecular complexity index is 1510. The SMILES string of the molecule is Cc1cccc(-c2nc3ccc(S(=O)(=O)NC4CCC(C(=O)N[C@H](C)c5ccccc5)CC4)cc3[nH]2)c1. The Kier molecular flexibility index (Phi) is 7.13. The summed E-state index contributed by atoms with van der Waals surface area (Å²) < 4.78 is 29.2. The monoisotopic (exact) mass is 516 g/mol. The Morgan fingerprint density at radius 1 is 0.973 bits per heavy atom. The number of fused-ring (bicyclic) bond motifs is 1. The molecule has 1 aliphatic rings. The van der Waals surface area contributed by atoms with Gasteiger partial charge in [-0.25, -0.2) is 18.1 Å². The van der Waals surface area contributed by atoms with Crippen molar-refractivity contribution in [1.82, 2.24) is 20.0 Å². The first-order valence-corrected chi connectivity index (χ1v) is 14.2. The molecule has 3 N–H and O–H groups in total. The fourth-order valence-corrected chi connectivity index (χ4v) is 6.33. The number of nitrogens with zero attached hydrogens (tertiary/aromatic N) is 1. The fraction of sp³-hybridized carbons (Fsp3) is 0.310. The van der Waals surface area contributed by atoms with Crippen LogP contribution in [0.15, 0.2) is 77.7 Å². The molecule has 1 aliphatic carbocycles. The van der Waals surface area contributed by atoms with Crippen LogP contribution >= 0.6 is 0 Å². The first-order chi connectivity index (χ1) is 17.8. The number of imidazole rings is 1. The van der Waals surface area contributed by atoms with E-state index in [0.29, 0.717) is 42.5 Å². The highest BCUT2D eigenvalue weighted by Crippen LogP contribution is 2.28. The molecule has 0 spiro atoms. The second-order valence-electron chi connectivity index (χ2n) is 9.94. The molecule has 1 aromatic heterocycles. The maximum atomic E-state index is 13.2. The van der Waals surface area contributed by atoms with Gasteiger partial charge in [0.05, 0.1) is 22.0 Å². The second kappa shape index (κ2) is 10.5. The van der Waals surface area contributed by atoms with Gasteiger partial charge in [-0.05, 0) is 69.4 Å². The molecule has 0 radical (unpaired) electrons. The maximum absolute atomic E-state index is 13.2. The lowest BCUT2D eigenvalue weighted by Gasteiger charge is -2.29. The number of aromatic amines is 1. The summed E-state index contributed by atoms with van der Waals surface area (Å²) in [7, 11) is -3.70. The van der Waals surface area contributed by atoms with Crippen LogP contribution in [-0.4, -0.2) is 30.3 Å². The molecule has 1 atom stereocenters. The lowest BCUT2D eigenvalue weighted by atomic mass is 9.85. The summed E-state index contributed by atoms with van der Waals surface area (Å²) in [5.41, 5.74) is 4.54. The van der Waals surface area contributed by atoms with Gasteiger partial charge < -0.3 is 10.3 Å². The van der Waals surface area contributed by atoms with E-state index in [9.17, 15) is 13.2 Å². The van der Waals surface area contributed by atoms with E-state index in [2.05, 4.69) is 20.0 Å². The molecule has 0 saturated heterocycles. The van der Waals surface area contributed by atoms with Crippen molar-refractivity contribution in [2.75, 3.05) is 0 Å². The highest BCUT2D eigenvalue weighted by molar-refractivity contribution is 7.89. The predicted octanol–water partition coefficient (Wildman–Crippen LogP) is 5.25. The molecule has 0 unspecified atom stereocenters. The average Bonchev–Trinajstić information content (AvgIpc) is 3.33. The normalized spacial score (nSPS) is 19.0. The summed E-state index contributed by atoms with van der Waals surface area (Å²) in [5.74, 6) is 0.638. The Labute approximate surface area is 217 Å². The van der Waals surface area contributed by atoms with Gasteiger partial charge in [-0.2, -0.15) is 0 Å². The number of rotatable bonds is 7. The molecule has 7 nitrogen and oxygen atoms in total. The minimum Gasteiger partial charge on any atom is -0.349 e. The molecular formula is C29H32N4O3S. The van der Waals surface area contributed by atoms with Crippen molar-refractivity contribution in [3.8, 4) is 11.4 Å². The van der Waals surface area contributed by atoms with E-state index >= 15 is 0 Å². The highest BCUT2D eigenvalue weighted by atomic mass is 32.2. The maximum Gasteiger partial charge on any atom is 0.240 e. The van der Waals surface area contributed by atoms with E-state index in [4.69, 9.17) is 0 Å². The number of H-pyrrole nitrogens is 1. The summed E-state index contributed by atoms with van der Waals surface area (Å²) in [6, 6.07) is 22.6. The van der Waals surface area contributed by atoms with E-state index in [-0.39, 0.29) is 28.8 Å². The summed E-state index contributed by atoms with van der Waals surface area (Å²) >= 11 is 0. The van der Waals surface area contributed by atoms with Crippen molar-refractivity contribution < 1.29 is 13.2 Å². The molecular weight excluding hydrogens is 484 g/mol. The quantitative estimate of drug-likeness (QED) is 0.312. The largest absolute Gasteiger partial charge is 0.349 e. The number of sulfonamides is 1. The van der Waals surface area contributed by atoms with Crippen LogP contribution in [0.25, 0.3) is 22.4 Å². The molecule has 3 aromatic carbocycles. The third-order valence-electron chi connectivity index (χ3n) is 7.13. The molecule has 4 aromatic rings. The van der Waals surface area contributed by atoms with Crippen molar-refractivity contribution in [2.45, 2.75) is 56.5 Å². The smallest absolute Gasteiger partial charge is 0.240 e. The van der Waals surface area contributed by atoms with Gasteiger partial charge in [0, 0.05) is 17.5 Å². The minimum absolute atomic E-state index is 0.0340. The number of hydrogen-bond acceptors (Lipinski definition) is 4. The lowest BCUT2D eigenvalue weighted by molar-refractivity contribution is -0.126. The van der Waals surface area contributed by atoms with E-state index in [0.717, 1.165) is 16.7 Å². The van der Waals surface area contributed by atoms with Crippen LogP contribution in [0.4, 0.5) is 0 Å². The van der Waals surface area contributed by atoms with Crippen LogP contribution in [-0.2, 0) is 14.8 Å². The zero-order valence-corrected chi connectivity index (χ0v) is 21.9. The van der Waals surface area contributed by atoms with E-state index in [1.54, 1.807) is 18.2 Å². The van der Waals surface area contributed by atoms with Crippen LogP contribution in [0.2, 0.25) is 0 Å². The number of amides is 1. The highest BCUT2D eigenvalue weighted by Gasteiger charge is 2.30. The Hall–Kier alpha value is -3.49. The number of carbonyl (C=O) groups is 1. The number of nitrogens with one attached hydrogen (secondary N) is 3. The predicted molar refractivity (Wildman–Crippen MR) is 145 cm³/mol. The van der Waals surface area contributed by atoms with E-state index < -0.39 is 10.0 Å². The van der Waals surface area contributed by atoms with Crippen molar-refractivity contribution in [1.29, 1.82) is 0 Å². The number of aryl methyl sites for hydroxylation is 1. The lowest BCUT2D eigenvalue weighted by Crippen LogP contribution is -2.41. The molecule has 0 bridgehead atoms. The molecule has 1 heterocycles. The average molecular weight is 517 g/mol. The number of aromatic nitrogens is 2. The minimum atomic E-state index is -3.70. The summed E-state index contributed by atoms with van der Waals surface area (Å²) in [4.78, 5) is 20.9. The van der Waals surface area contributed by atoms with Gasteiger partial charge >= 0.3 is 0 Å². The molecule has 8 heteroatoms. The van der Waals surface area contributed by atoms with Gasteiger partial charge in [-0.3, -0.25) is 4.79 Å². The molecule has 1 fully saturated rings. The van der Waals surface area contributed by atoms with Crippen LogP contribution in [0.3, 0.4) is 0 Å². The van der Waals surface area contributed by atoms with Gasteiger partial charge in [0.2, 0.25) is 15.9 Å². The van der Waals surface area contributed by atoms with Crippen LogP contribution in [0.5, 0.6) is 0 Å². The van der Waals surface area contributed by atoms with Gasteiger partial charge in [0.1, 0.15) is 5.82 Å². The van der Waals surface area contributed by atoms with Crippen molar-refractivity contribution in [3.05, 3.63) is 83.9 Å². The number of hydrogen-bond donors (Lipinski definition) is 3. The third-order valence-corrected chi connectivity index (χ3v) is 8.65. The zero-order valence-electron chi connectivity index (χ0n) is 21.1. The molecule has 37 heavy (non-hydrogen) atoms. The van der Waals surface area contributed by atoms with Crippen molar-refractivity contribution in [3.63, 3.8) is 0 Å². The molecule has 0 aliphatic heterocycles. The summed E-state index contributed by atoms with van der Waals surface area (Å²) in [6.07, 6.45) is 2.56. The van der Waals surface area contributed by atoms with Crippen LogP contribution < -0.4 is 10.0 Å². The van der Waals surface area contributed by atoms with Crippen LogP contribution in [0.1, 0.15) is 49.8 Å². The molecule has 192 valence electrons. The summed E-state index contributed by atoms with van der Waals surface area (Å²) in [5, 5.41) is 3.10. The second-order valence-corrected chi connectivity index (χ2v) is 11.7. The first-order valence-electron chi connectivity index (χ1n) is 12.7. The van der Waals surface area contributed by atoms with Crippen molar-refractivity contribution >= 4 is 27.0 Å². The number of benzene rings is 3. The van der Waals surface area contributed by atoms with Crippen molar-refractivity contribution in [2.24, 2.45) is 5.92 Å². The molecule has 5 rings (SSSR count).